The van der Waals surface area contributed by atoms with Crippen LogP contribution in [0.4, 0.5) is 0 Å². The Morgan fingerprint density at radius 3 is 2.50 bits per heavy atom. The molecule has 0 bridgehead atoms. The van der Waals surface area contributed by atoms with Crippen LogP contribution in [0.15, 0.2) is 41.3 Å². The number of carbonyl (C=O) groups is 1. The molecule has 22 heavy (non-hydrogen) atoms. The topological polar surface area (TPSA) is 55.1 Å². The molecule has 0 aliphatic heterocycles. The molecule has 2 aromatic rings. The standard InChI is InChI=1S/C18H24N2O2/c1-18(2,3)15-7-4-14(5-8-15)6-9-17(21)19-11-10-16-12-22-13-20-16/h4-5,7-8,12-13H,6,9-11H2,1-3H3,(H,19,21). The molecule has 0 saturated heterocycles. The molecule has 0 saturated carbocycles. The molecule has 0 aliphatic carbocycles. The Morgan fingerprint density at radius 1 is 1.18 bits per heavy atom. The lowest BCUT2D eigenvalue weighted by Gasteiger charge is -2.19. The summed E-state index contributed by atoms with van der Waals surface area (Å²) in [7, 11) is 0. The van der Waals surface area contributed by atoms with Gasteiger partial charge >= 0.3 is 0 Å². The van der Waals surface area contributed by atoms with E-state index in [0.29, 0.717) is 19.4 Å². The van der Waals surface area contributed by atoms with Gasteiger partial charge in [0.1, 0.15) is 6.26 Å². The van der Waals surface area contributed by atoms with Gasteiger partial charge in [-0.3, -0.25) is 4.79 Å². The quantitative estimate of drug-likeness (QED) is 0.891. The first-order chi connectivity index (χ1) is 10.4. The summed E-state index contributed by atoms with van der Waals surface area (Å²) >= 11 is 0. The monoisotopic (exact) mass is 300 g/mol. The maximum atomic E-state index is 11.8. The van der Waals surface area contributed by atoms with Crippen molar-refractivity contribution >= 4 is 5.91 Å². The van der Waals surface area contributed by atoms with Gasteiger partial charge in [0.2, 0.25) is 5.91 Å². The van der Waals surface area contributed by atoms with Crippen LogP contribution >= 0.6 is 0 Å². The number of carbonyl (C=O) groups excluding carboxylic acids is 1. The van der Waals surface area contributed by atoms with Crippen LogP contribution in [0.2, 0.25) is 0 Å². The zero-order chi connectivity index (χ0) is 16.0. The van der Waals surface area contributed by atoms with Crippen LogP contribution in [-0.2, 0) is 23.1 Å². The average Bonchev–Trinajstić information content (AvgIpc) is 2.98. The first-order valence-corrected chi connectivity index (χ1v) is 7.68. The van der Waals surface area contributed by atoms with Gasteiger partial charge in [0, 0.05) is 19.4 Å². The summed E-state index contributed by atoms with van der Waals surface area (Å²) in [5.74, 6) is 0.0726. The van der Waals surface area contributed by atoms with Gasteiger partial charge in [-0.05, 0) is 23.0 Å². The highest BCUT2D eigenvalue weighted by molar-refractivity contribution is 5.76. The van der Waals surface area contributed by atoms with E-state index < -0.39 is 0 Å². The van der Waals surface area contributed by atoms with E-state index in [4.69, 9.17) is 4.42 Å². The number of oxazole rings is 1. The van der Waals surface area contributed by atoms with Crippen LogP contribution < -0.4 is 5.32 Å². The van der Waals surface area contributed by atoms with Crippen molar-refractivity contribution in [3.05, 3.63) is 53.7 Å². The highest BCUT2D eigenvalue weighted by atomic mass is 16.3. The number of benzene rings is 1. The zero-order valence-corrected chi connectivity index (χ0v) is 13.6. The van der Waals surface area contributed by atoms with Gasteiger partial charge in [0.15, 0.2) is 6.39 Å². The predicted molar refractivity (Wildman–Crippen MR) is 86.7 cm³/mol. The molecule has 0 radical (unpaired) electrons. The molecule has 1 aromatic carbocycles. The minimum absolute atomic E-state index is 0.0726. The Hall–Kier alpha value is -2.10. The predicted octanol–water partition coefficient (Wildman–Crippen LogP) is 3.26. The van der Waals surface area contributed by atoms with E-state index in [1.807, 2.05) is 0 Å². The number of amides is 1. The molecule has 0 spiro atoms. The number of rotatable bonds is 6. The van der Waals surface area contributed by atoms with Gasteiger partial charge in [0.05, 0.1) is 5.69 Å². The van der Waals surface area contributed by atoms with Gasteiger partial charge < -0.3 is 9.73 Å². The van der Waals surface area contributed by atoms with Crippen molar-refractivity contribution in [2.24, 2.45) is 0 Å². The van der Waals surface area contributed by atoms with Crippen molar-refractivity contribution in [3.8, 4) is 0 Å². The molecule has 1 heterocycles. The summed E-state index contributed by atoms with van der Waals surface area (Å²) in [5, 5.41) is 2.91. The van der Waals surface area contributed by atoms with Crippen molar-refractivity contribution in [2.75, 3.05) is 6.54 Å². The number of hydrogen-bond acceptors (Lipinski definition) is 3. The first-order valence-electron chi connectivity index (χ1n) is 7.68. The Labute approximate surface area is 131 Å². The molecule has 118 valence electrons. The molecule has 1 aromatic heterocycles. The summed E-state index contributed by atoms with van der Waals surface area (Å²) in [4.78, 5) is 15.8. The van der Waals surface area contributed by atoms with Gasteiger partial charge in [-0.15, -0.1) is 0 Å². The normalized spacial score (nSPS) is 11.4. The number of nitrogens with zero attached hydrogens (tertiary/aromatic N) is 1. The SMILES string of the molecule is CC(C)(C)c1ccc(CCC(=O)NCCc2cocn2)cc1. The summed E-state index contributed by atoms with van der Waals surface area (Å²) in [6, 6.07) is 8.53. The smallest absolute Gasteiger partial charge is 0.220 e. The number of aryl methyl sites for hydroxylation is 1. The summed E-state index contributed by atoms with van der Waals surface area (Å²) in [6.07, 6.45) is 4.97. The molecule has 0 aliphatic rings. The van der Waals surface area contributed by atoms with E-state index in [2.05, 4.69) is 55.3 Å². The highest BCUT2D eigenvalue weighted by Crippen LogP contribution is 2.22. The van der Waals surface area contributed by atoms with Gasteiger partial charge in [-0.2, -0.15) is 0 Å². The van der Waals surface area contributed by atoms with Crippen LogP contribution in [0.3, 0.4) is 0 Å². The molecule has 1 N–H and O–H groups in total. The Bertz CT molecular complexity index is 581. The Balaban J connectivity index is 1.71. The Kier molecular flexibility index (Phi) is 5.36. The molecule has 1 amide bonds. The molecule has 2 rings (SSSR count). The molecule has 0 atom stereocenters. The van der Waals surface area contributed by atoms with Crippen molar-refractivity contribution in [1.29, 1.82) is 0 Å². The fourth-order valence-electron chi connectivity index (χ4n) is 2.21. The highest BCUT2D eigenvalue weighted by Gasteiger charge is 2.12. The van der Waals surface area contributed by atoms with Crippen molar-refractivity contribution in [2.45, 2.75) is 45.4 Å². The van der Waals surface area contributed by atoms with E-state index >= 15 is 0 Å². The van der Waals surface area contributed by atoms with E-state index in [1.54, 1.807) is 6.26 Å². The summed E-state index contributed by atoms with van der Waals surface area (Å²) < 4.78 is 4.89. The minimum Gasteiger partial charge on any atom is -0.451 e. The second-order valence-corrected chi connectivity index (χ2v) is 6.53. The number of aromatic nitrogens is 1. The minimum atomic E-state index is 0.0726. The van der Waals surface area contributed by atoms with Crippen molar-refractivity contribution < 1.29 is 9.21 Å². The zero-order valence-electron chi connectivity index (χ0n) is 13.6. The average molecular weight is 300 g/mol. The van der Waals surface area contributed by atoms with Crippen LogP contribution in [-0.4, -0.2) is 17.4 Å². The van der Waals surface area contributed by atoms with Gasteiger partial charge in [-0.1, -0.05) is 45.0 Å². The van der Waals surface area contributed by atoms with Crippen LogP contribution in [0, 0.1) is 0 Å². The second kappa shape index (κ2) is 7.25. The molecule has 0 unspecified atom stereocenters. The fourth-order valence-corrected chi connectivity index (χ4v) is 2.21. The lowest BCUT2D eigenvalue weighted by atomic mass is 9.86. The number of hydrogen-bond donors (Lipinski definition) is 1. The lowest BCUT2D eigenvalue weighted by molar-refractivity contribution is -0.121. The van der Waals surface area contributed by atoms with Gasteiger partial charge in [-0.25, -0.2) is 4.98 Å². The van der Waals surface area contributed by atoms with E-state index in [9.17, 15) is 4.79 Å². The molecular formula is C18H24N2O2. The molecule has 4 nitrogen and oxygen atoms in total. The third-order valence-corrected chi connectivity index (χ3v) is 3.65. The maximum absolute atomic E-state index is 11.8. The summed E-state index contributed by atoms with van der Waals surface area (Å²) in [6.45, 7) is 7.19. The van der Waals surface area contributed by atoms with Crippen LogP contribution in [0.5, 0.6) is 0 Å². The summed E-state index contributed by atoms with van der Waals surface area (Å²) in [5.41, 5.74) is 3.53. The molecule has 0 fully saturated rings. The van der Waals surface area contributed by atoms with E-state index in [1.165, 1.54) is 17.5 Å². The van der Waals surface area contributed by atoms with Crippen molar-refractivity contribution in [3.63, 3.8) is 0 Å². The van der Waals surface area contributed by atoms with E-state index in [0.717, 1.165) is 12.1 Å². The van der Waals surface area contributed by atoms with Gasteiger partial charge in [0.25, 0.3) is 0 Å². The van der Waals surface area contributed by atoms with Crippen LogP contribution in [0.25, 0.3) is 0 Å². The van der Waals surface area contributed by atoms with E-state index in [-0.39, 0.29) is 11.3 Å². The lowest BCUT2D eigenvalue weighted by Crippen LogP contribution is -2.25. The third kappa shape index (κ3) is 5.02. The van der Waals surface area contributed by atoms with Crippen LogP contribution in [0.1, 0.15) is 44.0 Å². The maximum Gasteiger partial charge on any atom is 0.220 e. The largest absolute Gasteiger partial charge is 0.451 e. The molecular weight excluding hydrogens is 276 g/mol. The third-order valence-electron chi connectivity index (χ3n) is 3.65. The van der Waals surface area contributed by atoms with Crippen molar-refractivity contribution in [1.82, 2.24) is 10.3 Å². The first kappa shape index (κ1) is 16.3. The fraction of sp³-hybridized carbons (Fsp3) is 0.444. The molecule has 4 heteroatoms. The second-order valence-electron chi connectivity index (χ2n) is 6.53. The Morgan fingerprint density at radius 2 is 1.91 bits per heavy atom. The number of nitrogens with one attached hydrogen (secondary N) is 1.